The van der Waals surface area contributed by atoms with Gasteiger partial charge in [-0.25, -0.2) is 8.42 Å². The number of methoxy groups -OCH3 is 1. The summed E-state index contributed by atoms with van der Waals surface area (Å²) in [5.41, 5.74) is 0. The lowest BCUT2D eigenvalue weighted by Gasteiger charge is -1.99. The van der Waals surface area contributed by atoms with E-state index in [0.29, 0.717) is 5.75 Å². The molecule has 68 valence electrons. The molecular weight excluding hydrogens is 188 g/mol. The molecule has 0 saturated heterocycles. The van der Waals surface area contributed by atoms with E-state index in [9.17, 15) is 8.42 Å². The Kier molecular flexibility index (Phi) is 2.59. The van der Waals surface area contributed by atoms with E-state index < -0.39 is 9.84 Å². The third kappa shape index (κ3) is 2.01. The van der Waals surface area contributed by atoms with Crippen LogP contribution in [0.3, 0.4) is 0 Å². The molecule has 0 aliphatic heterocycles. The Labute approximate surface area is 77.3 Å². The summed E-state index contributed by atoms with van der Waals surface area (Å²) in [5, 5.41) is 1.73. The van der Waals surface area contributed by atoms with Crippen LogP contribution < -0.4 is 4.74 Å². The van der Waals surface area contributed by atoms with Gasteiger partial charge >= 0.3 is 0 Å². The van der Waals surface area contributed by atoms with Crippen molar-refractivity contribution < 1.29 is 13.2 Å². The molecule has 0 saturated carbocycles. The lowest BCUT2D eigenvalue weighted by molar-refractivity contribution is 0.414. The van der Waals surface area contributed by atoms with Crippen molar-refractivity contribution in [3.63, 3.8) is 0 Å². The lowest BCUT2D eigenvalue weighted by Crippen LogP contribution is -1.95. The van der Waals surface area contributed by atoms with Gasteiger partial charge in [-0.2, -0.15) is 0 Å². The van der Waals surface area contributed by atoms with Gasteiger partial charge in [0.1, 0.15) is 5.75 Å². The normalized spacial score (nSPS) is 10.5. The van der Waals surface area contributed by atoms with E-state index in [1.165, 1.54) is 19.2 Å². The summed E-state index contributed by atoms with van der Waals surface area (Å²) in [7, 11) is -2.05. The van der Waals surface area contributed by atoms with Crippen molar-refractivity contribution in [2.45, 2.75) is 4.90 Å². The van der Waals surface area contributed by atoms with Gasteiger partial charge in [0.05, 0.1) is 12.0 Å². The highest BCUT2D eigenvalue weighted by Crippen LogP contribution is 2.15. The minimum absolute atomic E-state index is 0.107. The Morgan fingerprint density at radius 3 is 2.23 bits per heavy atom. The molecule has 0 fully saturated rings. The Hall–Kier alpha value is -1.47. The van der Waals surface area contributed by atoms with Crippen molar-refractivity contribution in [1.29, 1.82) is 0 Å². The second kappa shape index (κ2) is 3.50. The number of terminal acetylenes is 1. The first-order valence-electron chi connectivity index (χ1n) is 3.46. The summed E-state index contributed by atoms with van der Waals surface area (Å²) >= 11 is 0. The maximum Gasteiger partial charge on any atom is 0.244 e. The zero-order chi connectivity index (χ0) is 9.90. The van der Waals surface area contributed by atoms with Crippen LogP contribution in [0, 0.1) is 11.7 Å². The van der Waals surface area contributed by atoms with Crippen LogP contribution in [0.2, 0.25) is 0 Å². The Morgan fingerprint density at radius 2 is 1.85 bits per heavy atom. The van der Waals surface area contributed by atoms with Crippen LogP contribution in [0.25, 0.3) is 0 Å². The zero-order valence-corrected chi connectivity index (χ0v) is 7.84. The molecule has 0 heterocycles. The van der Waals surface area contributed by atoms with Crippen LogP contribution in [-0.2, 0) is 9.84 Å². The topological polar surface area (TPSA) is 43.4 Å². The van der Waals surface area contributed by atoms with Gasteiger partial charge in [-0.1, -0.05) is 0 Å². The van der Waals surface area contributed by atoms with E-state index in [4.69, 9.17) is 11.2 Å². The highest BCUT2D eigenvalue weighted by atomic mass is 32.2. The number of hydrogen-bond donors (Lipinski definition) is 0. The van der Waals surface area contributed by atoms with Gasteiger partial charge in [0.25, 0.3) is 0 Å². The summed E-state index contributed by atoms with van der Waals surface area (Å²) in [6, 6.07) is 5.91. The first kappa shape index (κ1) is 9.62. The molecule has 0 unspecified atom stereocenters. The van der Waals surface area contributed by atoms with E-state index in [0.717, 1.165) is 0 Å². The largest absolute Gasteiger partial charge is 0.497 e. The van der Waals surface area contributed by atoms with Crippen molar-refractivity contribution in [2.75, 3.05) is 7.11 Å². The smallest absolute Gasteiger partial charge is 0.244 e. The fraction of sp³-hybridized carbons (Fsp3) is 0.111. The number of benzene rings is 1. The van der Waals surface area contributed by atoms with E-state index >= 15 is 0 Å². The van der Waals surface area contributed by atoms with Gasteiger partial charge in [-0.05, 0) is 24.3 Å². The minimum Gasteiger partial charge on any atom is -0.497 e. The van der Waals surface area contributed by atoms with Gasteiger partial charge < -0.3 is 4.74 Å². The molecule has 13 heavy (non-hydrogen) atoms. The van der Waals surface area contributed by atoms with Crippen LogP contribution in [0.5, 0.6) is 5.75 Å². The highest BCUT2D eigenvalue weighted by Gasteiger charge is 2.09. The van der Waals surface area contributed by atoms with Gasteiger partial charge in [-0.3, -0.25) is 0 Å². The Morgan fingerprint density at radius 1 is 1.31 bits per heavy atom. The average molecular weight is 196 g/mol. The first-order chi connectivity index (χ1) is 6.10. The second-order valence-electron chi connectivity index (χ2n) is 2.30. The van der Waals surface area contributed by atoms with Crippen molar-refractivity contribution in [2.24, 2.45) is 0 Å². The van der Waals surface area contributed by atoms with E-state index in [-0.39, 0.29) is 4.90 Å². The second-order valence-corrected chi connectivity index (χ2v) is 4.01. The number of hydrogen-bond acceptors (Lipinski definition) is 3. The lowest BCUT2D eigenvalue weighted by atomic mass is 10.3. The van der Waals surface area contributed by atoms with Crippen molar-refractivity contribution in [3.8, 4) is 17.4 Å². The molecule has 0 spiro atoms. The first-order valence-corrected chi connectivity index (χ1v) is 4.95. The van der Waals surface area contributed by atoms with E-state index in [1.807, 2.05) is 0 Å². The molecule has 0 bridgehead atoms. The SMILES string of the molecule is C#CS(=O)(=O)c1ccc(OC)cc1. The van der Waals surface area contributed by atoms with E-state index in [2.05, 4.69) is 0 Å². The van der Waals surface area contributed by atoms with Crippen LogP contribution in [-0.4, -0.2) is 15.5 Å². The summed E-state index contributed by atoms with van der Waals surface area (Å²) in [6.45, 7) is 0. The molecule has 1 aromatic rings. The maximum absolute atomic E-state index is 11.1. The quantitative estimate of drug-likeness (QED) is 0.524. The fourth-order valence-electron chi connectivity index (χ4n) is 0.823. The molecule has 0 amide bonds. The predicted molar refractivity (Wildman–Crippen MR) is 49.0 cm³/mol. The molecule has 0 aliphatic carbocycles. The molecule has 4 heteroatoms. The molecular formula is C9H8O3S. The Balaban J connectivity index is 3.16. The summed E-state index contributed by atoms with van der Waals surface area (Å²) < 4.78 is 27.1. The van der Waals surface area contributed by atoms with Crippen molar-refractivity contribution in [3.05, 3.63) is 24.3 Å². The number of sulfone groups is 1. The molecule has 0 aliphatic rings. The standard InChI is InChI=1S/C9H8O3S/c1-3-13(10,11)9-6-4-8(12-2)5-7-9/h1,4-7H,2H3. The molecule has 0 radical (unpaired) electrons. The molecule has 0 N–H and O–H groups in total. The van der Waals surface area contributed by atoms with Gasteiger partial charge in [0.15, 0.2) is 0 Å². The van der Waals surface area contributed by atoms with Crippen LogP contribution >= 0.6 is 0 Å². The summed E-state index contributed by atoms with van der Waals surface area (Å²) in [4.78, 5) is 0.107. The average Bonchev–Trinajstić information content (AvgIpc) is 2.18. The summed E-state index contributed by atoms with van der Waals surface area (Å²) in [6.07, 6.45) is 4.84. The number of ether oxygens (including phenoxy) is 1. The Bertz CT molecular complexity index is 423. The minimum atomic E-state index is -3.55. The van der Waals surface area contributed by atoms with Crippen molar-refractivity contribution in [1.82, 2.24) is 0 Å². The van der Waals surface area contributed by atoms with Crippen molar-refractivity contribution >= 4 is 9.84 Å². The number of rotatable bonds is 2. The molecule has 1 rings (SSSR count). The summed E-state index contributed by atoms with van der Waals surface area (Å²) in [5.74, 6) is 0.593. The third-order valence-electron chi connectivity index (χ3n) is 1.52. The zero-order valence-electron chi connectivity index (χ0n) is 7.02. The molecule has 0 aromatic heterocycles. The maximum atomic E-state index is 11.1. The van der Waals surface area contributed by atoms with Crippen LogP contribution in [0.15, 0.2) is 29.2 Å². The van der Waals surface area contributed by atoms with Crippen LogP contribution in [0.4, 0.5) is 0 Å². The fourth-order valence-corrected chi connectivity index (χ4v) is 1.45. The highest BCUT2D eigenvalue weighted by molar-refractivity contribution is 7.96. The monoisotopic (exact) mass is 196 g/mol. The van der Waals surface area contributed by atoms with Gasteiger partial charge in [0, 0.05) is 5.25 Å². The molecule has 1 aromatic carbocycles. The molecule has 3 nitrogen and oxygen atoms in total. The predicted octanol–water partition coefficient (Wildman–Crippen LogP) is 1.06. The molecule has 0 atom stereocenters. The van der Waals surface area contributed by atoms with Gasteiger partial charge in [0.2, 0.25) is 9.84 Å². The third-order valence-corrected chi connectivity index (χ3v) is 2.73. The van der Waals surface area contributed by atoms with Crippen LogP contribution in [0.1, 0.15) is 0 Å². The van der Waals surface area contributed by atoms with E-state index in [1.54, 1.807) is 17.4 Å². The van der Waals surface area contributed by atoms with Gasteiger partial charge in [-0.15, -0.1) is 6.42 Å².